The van der Waals surface area contributed by atoms with Gasteiger partial charge >= 0.3 is 5.97 Å². The minimum Gasteiger partial charge on any atom is -0.480 e. The third kappa shape index (κ3) is 3.77. The largest absolute Gasteiger partial charge is 0.480 e. The van der Waals surface area contributed by atoms with Crippen LogP contribution in [0.25, 0.3) is 5.69 Å². The summed E-state index contributed by atoms with van der Waals surface area (Å²) in [6, 6.07) is 6.78. The van der Waals surface area contributed by atoms with Crippen LogP contribution in [0.4, 0.5) is 0 Å². The molecule has 0 bridgehead atoms. The van der Waals surface area contributed by atoms with Crippen LogP contribution in [0.2, 0.25) is 0 Å². The molecule has 0 spiro atoms. The number of hydrogen-bond donors (Lipinski definition) is 2. The topological polar surface area (TPSA) is 84.2 Å². The third-order valence-corrected chi connectivity index (χ3v) is 3.97. The molecule has 2 N–H and O–H groups in total. The summed E-state index contributed by atoms with van der Waals surface area (Å²) in [6.07, 6.45) is 3.71. The number of benzene rings is 1. The molecule has 0 aliphatic heterocycles. The molecule has 0 fully saturated rings. The first-order chi connectivity index (χ1) is 10.9. The Bertz CT molecular complexity index is 709. The molecule has 0 saturated carbocycles. The second-order valence-electron chi connectivity index (χ2n) is 5.63. The first-order valence-electron chi connectivity index (χ1n) is 7.58. The molecule has 0 saturated heterocycles. The molecule has 0 aliphatic rings. The van der Waals surface area contributed by atoms with Gasteiger partial charge in [-0.1, -0.05) is 38.5 Å². The van der Waals surface area contributed by atoms with Crippen molar-refractivity contribution in [3.8, 4) is 5.69 Å². The van der Waals surface area contributed by atoms with Crippen molar-refractivity contribution in [2.45, 2.75) is 33.2 Å². The van der Waals surface area contributed by atoms with Crippen LogP contribution in [0, 0.1) is 12.8 Å². The SMILES string of the molecule is CC[C@H](C)[C@H](NC(=O)c1cnn(-c2ccccc2C)c1)C(=O)O. The number of carbonyl (C=O) groups excluding carboxylic acids is 1. The summed E-state index contributed by atoms with van der Waals surface area (Å²) >= 11 is 0. The molecule has 23 heavy (non-hydrogen) atoms. The minimum atomic E-state index is -1.03. The van der Waals surface area contributed by atoms with Crippen molar-refractivity contribution >= 4 is 11.9 Å². The lowest BCUT2D eigenvalue weighted by Crippen LogP contribution is -2.44. The van der Waals surface area contributed by atoms with Gasteiger partial charge in [0, 0.05) is 6.20 Å². The predicted octanol–water partition coefficient (Wildman–Crippen LogP) is 2.41. The van der Waals surface area contributed by atoms with Crippen LogP contribution >= 0.6 is 0 Å². The molecule has 1 heterocycles. The summed E-state index contributed by atoms with van der Waals surface area (Å²) in [5.41, 5.74) is 2.25. The number of rotatable bonds is 6. The average molecular weight is 315 g/mol. The lowest BCUT2D eigenvalue weighted by Gasteiger charge is -2.19. The third-order valence-electron chi connectivity index (χ3n) is 3.97. The average Bonchev–Trinajstić information content (AvgIpc) is 3.01. The van der Waals surface area contributed by atoms with Gasteiger partial charge < -0.3 is 10.4 Å². The zero-order chi connectivity index (χ0) is 17.0. The maximum absolute atomic E-state index is 12.3. The van der Waals surface area contributed by atoms with Gasteiger partial charge in [-0.15, -0.1) is 0 Å². The Kier molecular flexibility index (Phi) is 5.16. The monoisotopic (exact) mass is 315 g/mol. The maximum atomic E-state index is 12.3. The number of aryl methyl sites for hydroxylation is 1. The van der Waals surface area contributed by atoms with Gasteiger partial charge in [0.25, 0.3) is 5.91 Å². The number of amides is 1. The van der Waals surface area contributed by atoms with Gasteiger partial charge in [0.1, 0.15) is 6.04 Å². The Morgan fingerprint density at radius 2 is 2.04 bits per heavy atom. The Labute approximate surface area is 135 Å². The van der Waals surface area contributed by atoms with Crippen molar-refractivity contribution < 1.29 is 14.7 Å². The number of carboxylic acids is 1. The lowest BCUT2D eigenvalue weighted by molar-refractivity contribution is -0.140. The van der Waals surface area contributed by atoms with E-state index >= 15 is 0 Å². The Balaban J connectivity index is 2.18. The quantitative estimate of drug-likeness (QED) is 0.857. The highest BCUT2D eigenvalue weighted by molar-refractivity contribution is 5.96. The van der Waals surface area contributed by atoms with Crippen LogP contribution in [0.5, 0.6) is 0 Å². The van der Waals surface area contributed by atoms with Gasteiger partial charge in [-0.2, -0.15) is 5.10 Å². The Morgan fingerprint density at radius 1 is 1.35 bits per heavy atom. The van der Waals surface area contributed by atoms with Gasteiger partial charge in [0.05, 0.1) is 17.4 Å². The van der Waals surface area contributed by atoms with Crippen molar-refractivity contribution in [2.24, 2.45) is 5.92 Å². The molecule has 2 rings (SSSR count). The number of aromatic nitrogens is 2. The molecular weight excluding hydrogens is 294 g/mol. The number of para-hydroxylation sites is 1. The van der Waals surface area contributed by atoms with E-state index in [1.165, 1.54) is 6.20 Å². The first kappa shape index (κ1) is 16.7. The summed E-state index contributed by atoms with van der Waals surface area (Å²) < 4.78 is 1.61. The van der Waals surface area contributed by atoms with Gasteiger partial charge in [-0.3, -0.25) is 4.79 Å². The molecule has 6 heteroatoms. The fourth-order valence-electron chi connectivity index (χ4n) is 2.30. The number of carbonyl (C=O) groups is 2. The van der Waals surface area contributed by atoms with E-state index in [-0.39, 0.29) is 5.92 Å². The predicted molar refractivity (Wildman–Crippen MR) is 86.6 cm³/mol. The number of hydrogen-bond acceptors (Lipinski definition) is 3. The Hall–Kier alpha value is -2.63. The molecule has 2 aromatic rings. The zero-order valence-electron chi connectivity index (χ0n) is 13.5. The summed E-state index contributed by atoms with van der Waals surface area (Å²) in [7, 11) is 0. The molecule has 0 unspecified atom stereocenters. The van der Waals surface area contributed by atoms with E-state index in [4.69, 9.17) is 0 Å². The van der Waals surface area contributed by atoms with Crippen LogP contribution < -0.4 is 5.32 Å². The van der Waals surface area contributed by atoms with Crippen LogP contribution in [0.3, 0.4) is 0 Å². The molecule has 1 amide bonds. The van der Waals surface area contributed by atoms with Crippen molar-refractivity contribution in [3.63, 3.8) is 0 Å². The van der Waals surface area contributed by atoms with Gasteiger partial charge in [0.2, 0.25) is 0 Å². The van der Waals surface area contributed by atoms with Gasteiger partial charge in [-0.25, -0.2) is 9.48 Å². The molecule has 2 atom stereocenters. The van der Waals surface area contributed by atoms with Gasteiger partial charge in [-0.05, 0) is 24.5 Å². The summed E-state index contributed by atoms with van der Waals surface area (Å²) in [5.74, 6) is -1.61. The molecule has 1 aromatic carbocycles. The van der Waals surface area contributed by atoms with Gasteiger partial charge in [0.15, 0.2) is 0 Å². The summed E-state index contributed by atoms with van der Waals surface area (Å²) in [4.78, 5) is 23.6. The van der Waals surface area contributed by atoms with Crippen LogP contribution in [0.1, 0.15) is 36.2 Å². The van der Waals surface area contributed by atoms with Crippen molar-refractivity contribution in [1.82, 2.24) is 15.1 Å². The van der Waals surface area contributed by atoms with E-state index in [9.17, 15) is 14.7 Å². The zero-order valence-corrected chi connectivity index (χ0v) is 13.5. The normalized spacial score (nSPS) is 13.3. The highest BCUT2D eigenvalue weighted by Gasteiger charge is 2.26. The Morgan fingerprint density at radius 3 is 2.65 bits per heavy atom. The van der Waals surface area contributed by atoms with E-state index in [2.05, 4.69) is 10.4 Å². The van der Waals surface area contributed by atoms with Crippen molar-refractivity contribution in [2.75, 3.05) is 0 Å². The standard InChI is InChI=1S/C17H21N3O3/c1-4-11(2)15(17(22)23)19-16(21)13-9-18-20(10-13)14-8-6-5-7-12(14)3/h5-11,15H,4H2,1-3H3,(H,19,21)(H,22,23)/t11-,15-/m0/s1. The van der Waals surface area contributed by atoms with Crippen molar-refractivity contribution in [1.29, 1.82) is 0 Å². The van der Waals surface area contributed by atoms with E-state index < -0.39 is 17.9 Å². The molecule has 122 valence electrons. The summed E-state index contributed by atoms with van der Waals surface area (Å²) in [6.45, 7) is 5.65. The van der Waals surface area contributed by atoms with Crippen LogP contribution in [0.15, 0.2) is 36.7 Å². The number of carboxylic acid groups (broad SMARTS) is 1. The van der Waals surface area contributed by atoms with Crippen LogP contribution in [-0.4, -0.2) is 32.8 Å². The van der Waals surface area contributed by atoms with E-state index in [1.807, 2.05) is 38.1 Å². The fraction of sp³-hybridized carbons (Fsp3) is 0.353. The second kappa shape index (κ2) is 7.09. The number of nitrogens with zero attached hydrogens (tertiary/aromatic N) is 2. The molecule has 6 nitrogen and oxygen atoms in total. The van der Waals surface area contributed by atoms with E-state index in [0.29, 0.717) is 12.0 Å². The lowest BCUT2D eigenvalue weighted by atomic mass is 9.99. The van der Waals surface area contributed by atoms with Crippen molar-refractivity contribution in [3.05, 3.63) is 47.8 Å². The number of nitrogens with one attached hydrogen (secondary N) is 1. The van der Waals surface area contributed by atoms with E-state index in [0.717, 1.165) is 11.3 Å². The molecular formula is C17H21N3O3. The maximum Gasteiger partial charge on any atom is 0.326 e. The number of aliphatic carboxylic acids is 1. The first-order valence-corrected chi connectivity index (χ1v) is 7.58. The van der Waals surface area contributed by atoms with E-state index in [1.54, 1.807) is 17.8 Å². The highest BCUT2D eigenvalue weighted by Crippen LogP contribution is 2.14. The second-order valence-corrected chi connectivity index (χ2v) is 5.63. The molecule has 1 aromatic heterocycles. The molecule has 0 aliphatic carbocycles. The minimum absolute atomic E-state index is 0.150. The summed E-state index contributed by atoms with van der Waals surface area (Å²) in [5, 5.41) is 16.0. The van der Waals surface area contributed by atoms with Crippen LogP contribution in [-0.2, 0) is 4.79 Å². The smallest absolute Gasteiger partial charge is 0.326 e. The molecule has 0 radical (unpaired) electrons. The fourth-order valence-corrected chi connectivity index (χ4v) is 2.30. The highest BCUT2D eigenvalue weighted by atomic mass is 16.4.